The minimum atomic E-state index is 0.105. The van der Waals surface area contributed by atoms with Crippen molar-refractivity contribution < 1.29 is 4.79 Å². The van der Waals surface area contributed by atoms with Crippen molar-refractivity contribution in [2.45, 2.75) is 32.2 Å². The Balaban J connectivity index is 1.39. The van der Waals surface area contributed by atoms with Gasteiger partial charge in [-0.2, -0.15) is 0 Å². The van der Waals surface area contributed by atoms with Crippen molar-refractivity contribution in [2.24, 2.45) is 0 Å². The van der Waals surface area contributed by atoms with Crippen LogP contribution in [0.5, 0.6) is 0 Å². The molecule has 0 atom stereocenters. The summed E-state index contributed by atoms with van der Waals surface area (Å²) in [6, 6.07) is 18.4. The van der Waals surface area contributed by atoms with Gasteiger partial charge in [0.05, 0.1) is 22.5 Å². The van der Waals surface area contributed by atoms with Gasteiger partial charge in [0.15, 0.2) is 5.78 Å². The Kier molecular flexibility index (Phi) is 4.64. The maximum Gasteiger partial charge on any atom is 0.192 e. The van der Waals surface area contributed by atoms with Gasteiger partial charge in [-0.1, -0.05) is 54.1 Å². The van der Waals surface area contributed by atoms with Crippen molar-refractivity contribution in [3.05, 3.63) is 82.6 Å². The normalized spacial score (nSPS) is 17.6. The quantitative estimate of drug-likeness (QED) is 0.660. The first-order chi connectivity index (χ1) is 14.2. The van der Waals surface area contributed by atoms with Crippen molar-refractivity contribution >= 4 is 22.4 Å². The minimum Gasteiger partial charge on any atom is -0.398 e. The molecule has 2 N–H and O–H groups in total. The maximum absolute atomic E-state index is 13.4. The Morgan fingerprint density at radius 1 is 0.897 bits per heavy atom. The van der Waals surface area contributed by atoms with Crippen LogP contribution in [0.3, 0.4) is 0 Å². The van der Waals surface area contributed by atoms with Crippen LogP contribution in [0.1, 0.15) is 40.9 Å². The number of anilines is 1. The number of hydrogen-bond acceptors (Lipinski definition) is 4. The van der Waals surface area contributed by atoms with E-state index >= 15 is 0 Å². The molecule has 1 aliphatic heterocycles. The van der Waals surface area contributed by atoms with Crippen molar-refractivity contribution in [1.82, 2.24) is 9.88 Å². The van der Waals surface area contributed by atoms with Gasteiger partial charge in [0.2, 0.25) is 0 Å². The van der Waals surface area contributed by atoms with E-state index in [1.165, 1.54) is 11.1 Å². The van der Waals surface area contributed by atoms with Crippen molar-refractivity contribution in [1.29, 1.82) is 0 Å². The maximum atomic E-state index is 13.4. The zero-order valence-corrected chi connectivity index (χ0v) is 16.5. The van der Waals surface area contributed by atoms with Crippen LogP contribution in [0.15, 0.2) is 65.7 Å². The number of rotatable bonds is 2. The number of benzene rings is 2. The molecular formula is C25H25N3O. The summed E-state index contributed by atoms with van der Waals surface area (Å²) in [7, 11) is 0. The number of nitrogen functional groups attached to an aromatic ring is 1. The number of aromatic nitrogens is 1. The van der Waals surface area contributed by atoms with Crippen molar-refractivity contribution in [2.75, 3.05) is 18.8 Å². The van der Waals surface area contributed by atoms with E-state index in [2.05, 4.69) is 35.2 Å². The molecule has 0 spiro atoms. The summed E-state index contributed by atoms with van der Waals surface area (Å²) in [4.78, 5) is 20.6. The molecule has 1 aromatic heterocycles. The Morgan fingerprint density at radius 3 is 2.41 bits per heavy atom. The van der Waals surface area contributed by atoms with Gasteiger partial charge >= 0.3 is 0 Å². The summed E-state index contributed by atoms with van der Waals surface area (Å²) in [6.45, 7) is 2.97. The number of carbonyl (C=O) groups is 1. The molecule has 0 radical (unpaired) electrons. The number of piperidine rings is 1. The third-order valence-corrected chi connectivity index (χ3v) is 6.26. The van der Waals surface area contributed by atoms with Crippen LogP contribution < -0.4 is 5.73 Å². The van der Waals surface area contributed by atoms with Gasteiger partial charge in [-0.05, 0) is 42.9 Å². The lowest BCUT2D eigenvalue weighted by Crippen LogP contribution is -2.31. The van der Waals surface area contributed by atoms with Crippen molar-refractivity contribution in [3.63, 3.8) is 0 Å². The molecule has 2 aromatic carbocycles. The molecule has 0 bridgehead atoms. The molecule has 1 saturated heterocycles. The summed E-state index contributed by atoms with van der Waals surface area (Å²) < 4.78 is 0. The Labute approximate surface area is 171 Å². The molecule has 3 aromatic rings. The second-order valence-corrected chi connectivity index (χ2v) is 8.04. The number of nitrogens with two attached hydrogens (primary N) is 1. The summed E-state index contributed by atoms with van der Waals surface area (Å²) >= 11 is 0. The van der Waals surface area contributed by atoms with E-state index in [1.54, 1.807) is 0 Å². The Morgan fingerprint density at radius 2 is 1.62 bits per heavy atom. The second-order valence-electron chi connectivity index (χ2n) is 8.04. The number of Topliss-reactive ketones (excluding diaryl/α,β-unsaturated/α-hetero) is 1. The van der Waals surface area contributed by atoms with Gasteiger partial charge in [-0.15, -0.1) is 0 Å². The smallest absolute Gasteiger partial charge is 0.192 e. The number of aryl methyl sites for hydroxylation is 1. The fourth-order valence-electron chi connectivity index (χ4n) is 4.69. The van der Waals surface area contributed by atoms with E-state index in [-0.39, 0.29) is 5.78 Å². The van der Waals surface area contributed by atoms with Crippen LogP contribution in [0, 0.1) is 0 Å². The van der Waals surface area contributed by atoms with Gasteiger partial charge in [-0.25, -0.2) is 0 Å². The molecule has 2 aliphatic rings. The standard InChI is InChI=1S/C25H25N3O/c26-24-20-8-4-5-9-21(20)27-22-11-10-19(25(29)23(22)24)18-12-14-28(15-13-18)16-17-6-2-1-3-7-17/h1-9H,10-16H2,(H2,26,27). The SMILES string of the molecule is Nc1c2c(nc3ccccc13)CCC(=C1CCN(Cc3ccccc3)CC1)C2=O. The molecule has 5 rings (SSSR count). The molecule has 4 nitrogen and oxygen atoms in total. The van der Waals surface area contributed by atoms with Crippen LogP contribution in [-0.2, 0) is 13.0 Å². The number of para-hydroxylation sites is 1. The highest BCUT2D eigenvalue weighted by Crippen LogP contribution is 2.36. The predicted octanol–water partition coefficient (Wildman–Crippen LogP) is 4.54. The first-order valence-corrected chi connectivity index (χ1v) is 10.4. The summed E-state index contributed by atoms with van der Waals surface area (Å²) in [5.41, 5.74) is 13.1. The highest BCUT2D eigenvalue weighted by Gasteiger charge is 2.30. The number of fused-ring (bicyclic) bond motifs is 2. The fourth-order valence-corrected chi connectivity index (χ4v) is 4.69. The molecule has 1 fully saturated rings. The molecule has 146 valence electrons. The number of allylic oxidation sites excluding steroid dienone is 1. The molecular weight excluding hydrogens is 358 g/mol. The van der Waals surface area contributed by atoms with Crippen LogP contribution in [0.4, 0.5) is 5.69 Å². The molecule has 2 heterocycles. The second kappa shape index (κ2) is 7.45. The zero-order valence-electron chi connectivity index (χ0n) is 16.5. The number of carbonyl (C=O) groups excluding carboxylic acids is 1. The van der Waals surface area contributed by atoms with E-state index in [1.807, 2.05) is 24.3 Å². The van der Waals surface area contributed by atoms with E-state index in [0.29, 0.717) is 11.3 Å². The average molecular weight is 383 g/mol. The largest absolute Gasteiger partial charge is 0.398 e. The first-order valence-electron chi connectivity index (χ1n) is 10.4. The third-order valence-electron chi connectivity index (χ3n) is 6.26. The van der Waals surface area contributed by atoms with Crippen LogP contribution in [0.2, 0.25) is 0 Å². The average Bonchev–Trinajstić information content (AvgIpc) is 2.75. The van der Waals surface area contributed by atoms with Crippen LogP contribution in [0.25, 0.3) is 10.9 Å². The van der Waals surface area contributed by atoms with Gasteiger partial charge in [0.1, 0.15) is 0 Å². The zero-order chi connectivity index (χ0) is 19.8. The van der Waals surface area contributed by atoms with Crippen LogP contribution in [-0.4, -0.2) is 28.8 Å². The van der Waals surface area contributed by atoms with Gasteiger partial charge in [-0.3, -0.25) is 14.7 Å². The Hall–Kier alpha value is -2.98. The lowest BCUT2D eigenvalue weighted by atomic mass is 9.83. The van der Waals surface area contributed by atoms with E-state index < -0.39 is 0 Å². The molecule has 29 heavy (non-hydrogen) atoms. The monoisotopic (exact) mass is 383 g/mol. The summed E-state index contributed by atoms with van der Waals surface area (Å²) in [5.74, 6) is 0.105. The topological polar surface area (TPSA) is 59.2 Å². The summed E-state index contributed by atoms with van der Waals surface area (Å²) in [6.07, 6.45) is 3.50. The number of nitrogens with zero attached hydrogens (tertiary/aromatic N) is 2. The van der Waals surface area contributed by atoms with E-state index in [4.69, 9.17) is 10.7 Å². The highest BCUT2D eigenvalue weighted by atomic mass is 16.1. The van der Waals surface area contributed by atoms with Gasteiger partial charge < -0.3 is 5.73 Å². The van der Waals surface area contributed by atoms with Crippen molar-refractivity contribution in [3.8, 4) is 0 Å². The molecule has 0 saturated carbocycles. The summed E-state index contributed by atoms with van der Waals surface area (Å²) in [5, 5.41) is 0.878. The predicted molar refractivity (Wildman–Crippen MR) is 117 cm³/mol. The molecule has 1 aliphatic carbocycles. The molecule has 0 unspecified atom stereocenters. The lowest BCUT2D eigenvalue weighted by Gasteiger charge is -2.31. The van der Waals surface area contributed by atoms with E-state index in [0.717, 1.165) is 67.5 Å². The number of ketones is 1. The van der Waals surface area contributed by atoms with Crippen LogP contribution >= 0.6 is 0 Å². The lowest BCUT2D eigenvalue weighted by molar-refractivity contribution is 0.102. The van der Waals surface area contributed by atoms with E-state index in [9.17, 15) is 4.79 Å². The van der Waals surface area contributed by atoms with Gasteiger partial charge in [0.25, 0.3) is 0 Å². The third kappa shape index (κ3) is 3.34. The Bertz CT molecular complexity index is 1110. The number of pyridine rings is 1. The number of hydrogen-bond donors (Lipinski definition) is 1. The fraction of sp³-hybridized carbons (Fsp3) is 0.280. The number of likely N-dealkylation sites (tertiary alicyclic amines) is 1. The minimum absolute atomic E-state index is 0.105. The first kappa shape index (κ1) is 18.1. The highest BCUT2D eigenvalue weighted by molar-refractivity contribution is 6.17. The molecule has 4 heteroatoms. The van der Waals surface area contributed by atoms with Gasteiger partial charge in [0, 0.05) is 25.0 Å². The molecule has 0 amide bonds.